The number of halogens is 1. The van der Waals surface area contributed by atoms with Crippen molar-refractivity contribution in [2.24, 2.45) is 11.5 Å². The summed E-state index contributed by atoms with van der Waals surface area (Å²) >= 11 is 0. The third-order valence-corrected chi connectivity index (χ3v) is 7.31. The number of anilines is 2. The van der Waals surface area contributed by atoms with E-state index in [1.807, 2.05) is 17.0 Å². The van der Waals surface area contributed by atoms with Gasteiger partial charge in [0, 0.05) is 59.2 Å². The minimum Gasteiger partial charge on any atom is -0.627 e. The topological polar surface area (TPSA) is 148 Å². The number of nitrogens with zero attached hydrogens (tertiary/aromatic N) is 2. The zero-order valence-corrected chi connectivity index (χ0v) is 20.7. The Morgan fingerprint density at radius 2 is 1.74 bits per heavy atom. The number of nitrogens with two attached hydrogens (primary N) is 2. The molecule has 2 heterocycles. The van der Waals surface area contributed by atoms with Gasteiger partial charge in [0.2, 0.25) is 5.91 Å². The van der Waals surface area contributed by atoms with E-state index in [1.165, 1.54) is 0 Å². The number of hydrogen-bond acceptors (Lipinski definition) is 5. The molecule has 3 aromatic rings. The minimum absolute atomic E-state index is 0.0657. The molecule has 0 saturated carbocycles. The van der Waals surface area contributed by atoms with Crippen LogP contribution in [0.4, 0.5) is 21.5 Å². The van der Waals surface area contributed by atoms with E-state index in [0.29, 0.717) is 53.1 Å². The van der Waals surface area contributed by atoms with E-state index in [0.717, 1.165) is 5.69 Å². The van der Waals surface area contributed by atoms with Gasteiger partial charge in [-0.1, -0.05) is 24.3 Å². The second kappa shape index (κ2) is 9.88. The average Bonchev–Trinajstić information content (AvgIpc) is 3.45. The predicted octanol–water partition coefficient (Wildman–Crippen LogP) is 3.19. The molecule has 0 spiro atoms. The van der Waals surface area contributed by atoms with Crippen LogP contribution in [0.5, 0.6) is 0 Å². The number of quaternary nitrogens is 1. The maximum absolute atomic E-state index is 14.5. The fraction of sp³-hybridized carbons (Fsp3) is 0.250. The molecule has 2 aliphatic heterocycles. The number of nitrogens with one attached hydrogen (secondary N) is 2. The molecule has 6 N–H and O–H groups in total. The SMILES string of the molecule is N=C(N)c1ccc2c(c1)[N+]([O-])(Cc1ccc(C(N)=O)cc1)C(C(=O)Nc1ccc(N3CC[C@@H](F)C3)cc1)C2. The van der Waals surface area contributed by atoms with E-state index < -0.39 is 28.7 Å². The summed E-state index contributed by atoms with van der Waals surface area (Å²) in [6.45, 7) is 0.931. The molecule has 10 heteroatoms. The lowest BCUT2D eigenvalue weighted by atomic mass is 10.1. The number of hydroxylamine groups is 2. The number of alkyl halides is 1. The number of primary amides is 1. The summed E-state index contributed by atoms with van der Waals surface area (Å²) in [5.74, 6) is -1.18. The highest BCUT2D eigenvalue weighted by molar-refractivity contribution is 5.99. The van der Waals surface area contributed by atoms with Gasteiger partial charge >= 0.3 is 0 Å². The van der Waals surface area contributed by atoms with Gasteiger partial charge < -0.3 is 31.5 Å². The summed E-state index contributed by atoms with van der Waals surface area (Å²) < 4.78 is 12.6. The minimum atomic E-state index is -0.992. The fourth-order valence-corrected chi connectivity index (χ4v) is 5.24. The highest BCUT2D eigenvalue weighted by atomic mass is 19.1. The van der Waals surface area contributed by atoms with Crippen molar-refractivity contribution in [3.05, 3.63) is 94.2 Å². The maximum atomic E-state index is 14.5. The Bertz CT molecular complexity index is 1390. The highest BCUT2D eigenvalue weighted by Crippen LogP contribution is 2.41. The molecular formula is C28H29FN6O3. The van der Waals surface area contributed by atoms with Crippen molar-refractivity contribution in [2.45, 2.75) is 31.6 Å². The Morgan fingerprint density at radius 3 is 2.34 bits per heavy atom. The van der Waals surface area contributed by atoms with Crippen LogP contribution >= 0.6 is 0 Å². The Kier molecular flexibility index (Phi) is 6.60. The number of hydrogen-bond donors (Lipinski definition) is 4. The molecular weight excluding hydrogens is 487 g/mol. The first kappa shape index (κ1) is 25.4. The van der Waals surface area contributed by atoms with Gasteiger partial charge in [-0.05, 0) is 42.8 Å². The molecule has 3 aromatic carbocycles. The summed E-state index contributed by atoms with van der Waals surface area (Å²) in [4.78, 5) is 26.9. The van der Waals surface area contributed by atoms with Crippen molar-refractivity contribution < 1.29 is 14.0 Å². The van der Waals surface area contributed by atoms with Gasteiger partial charge in [-0.15, -0.1) is 0 Å². The lowest BCUT2D eigenvalue weighted by molar-refractivity contribution is -0.119. The molecule has 3 atom stereocenters. The molecule has 2 unspecified atom stereocenters. The molecule has 1 saturated heterocycles. The number of amides is 2. The number of carbonyl (C=O) groups is 2. The third-order valence-electron chi connectivity index (χ3n) is 7.31. The first-order valence-electron chi connectivity index (χ1n) is 12.4. The summed E-state index contributed by atoms with van der Waals surface area (Å²) in [5.41, 5.74) is 14.9. The molecule has 9 nitrogen and oxygen atoms in total. The maximum Gasteiger partial charge on any atom is 0.283 e. The van der Waals surface area contributed by atoms with E-state index in [4.69, 9.17) is 16.9 Å². The Hall–Kier alpha value is -4.28. The molecule has 196 valence electrons. The Labute approximate surface area is 219 Å². The van der Waals surface area contributed by atoms with Crippen LogP contribution < -0.4 is 26.3 Å². The first-order valence-corrected chi connectivity index (χ1v) is 12.4. The van der Waals surface area contributed by atoms with E-state index in [2.05, 4.69) is 5.32 Å². The smallest absolute Gasteiger partial charge is 0.283 e. The van der Waals surface area contributed by atoms with Crippen LogP contribution in [-0.2, 0) is 17.8 Å². The Balaban J connectivity index is 1.42. The van der Waals surface area contributed by atoms with E-state index in [9.17, 15) is 19.2 Å². The molecule has 0 bridgehead atoms. The average molecular weight is 517 g/mol. The Morgan fingerprint density at radius 1 is 1.05 bits per heavy atom. The number of fused-ring (bicyclic) bond motifs is 1. The van der Waals surface area contributed by atoms with Gasteiger partial charge in [0.25, 0.3) is 5.91 Å². The van der Waals surface area contributed by atoms with Gasteiger partial charge in [-0.25, -0.2) is 4.39 Å². The van der Waals surface area contributed by atoms with E-state index >= 15 is 0 Å². The van der Waals surface area contributed by atoms with Gasteiger partial charge in [-0.2, -0.15) is 0 Å². The van der Waals surface area contributed by atoms with Crippen LogP contribution in [0.3, 0.4) is 0 Å². The molecule has 2 amide bonds. The van der Waals surface area contributed by atoms with Crippen LogP contribution in [0.1, 0.15) is 33.5 Å². The zero-order chi connectivity index (χ0) is 27.0. The van der Waals surface area contributed by atoms with Crippen molar-refractivity contribution in [1.29, 1.82) is 5.41 Å². The lowest BCUT2D eigenvalue weighted by Gasteiger charge is -2.43. The van der Waals surface area contributed by atoms with E-state index in [1.54, 1.807) is 54.6 Å². The molecule has 2 aliphatic rings. The number of benzene rings is 3. The summed E-state index contributed by atoms with van der Waals surface area (Å²) in [7, 11) is 0. The monoisotopic (exact) mass is 516 g/mol. The second-order valence-corrected chi connectivity index (χ2v) is 9.86. The van der Waals surface area contributed by atoms with Crippen molar-refractivity contribution in [1.82, 2.24) is 4.65 Å². The van der Waals surface area contributed by atoms with Crippen LogP contribution in [-0.4, -0.2) is 43.0 Å². The molecule has 5 rings (SSSR count). The lowest BCUT2D eigenvalue weighted by Crippen LogP contribution is -2.54. The highest BCUT2D eigenvalue weighted by Gasteiger charge is 2.45. The molecule has 0 aromatic heterocycles. The third kappa shape index (κ3) is 4.83. The molecule has 0 aliphatic carbocycles. The quantitative estimate of drug-likeness (QED) is 0.165. The van der Waals surface area contributed by atoms with Crippen LogP contribution in [0.15, 0.2) is 66.7 Å². The largest absolute Gasteiger partial charge is 0.627 e. The normalized spacial score (nSPS) is 22.2. The summed E-state index contributed by atoms with van der Waals surface area (Å²) in [6.07, 6.45) is -0.121. The molecule has 0 radical (unpaired) electrons. The van der Waals surface area contributed by atoms with Crippen molar-refractivity contribution >= 4 is 34.7 Å². The van der Waals surface area contributed by atoms with Gasteiger partial charge in [0.1, 0.15) is 24.2 Å². The van der Waals surface area contributed by atoms with Crippen molar-refractivity contribution in [3.8, 4) is 0 Å². The van der Waals surface area contributed by atoms with Crippen LogP contribution in [0, 0.1) is 10.6 Å². The van der Waals surface area contributed by atoms with Crippen LogP contribution in [0.25, 0.3) is 0 Å². The van der Waals surface area contributed by atoms with Gasteiger partial charge in [0.05, 0.1) is 0 Å². The van der Waals surface area contributed by atoms with Crippen molar-refractivity contribution in [3.63, 3.8) is 0 Å². The van der Waals surface area contributed by atoms with E-state index in [-0.39, 0.29) is 18.8 Å². The predicted molar refractivity (Wildman–Crippen MR) is 146 cm³/mol. The first-order chi connectivity index (χ1) is 18.1. The zero-order valence-electron chi connectivity index (χ0n) is 20.7. The number of rotatable bonds is 7. The fourth-order valence-electron chi connectivity index (χ4n) is 5.24. The van der Waals surface area contributed by atoms with Crippen molar-refractivity contribution in [2.75, 3.05) is 23.3 Å². The number of amidine groups is 1. The van der Waals surface area contributed by atoms with Gasteiger partial charge in [-0.3, -0.25) is 15.0 Å². The summed E-state index contributed by atoms with van der Waals surface area (Å²) in [6, 6.07) is 17.6. The van der Waals surface area contributed by atoms with Crippen LogP contribution in [0.2, 0.25) is 0 Å². The standard InChI is InChI=1S/C28H29FN6O3/c29-21-11-12-34(15-21)23-9-7-22(8-10-23)33-28(37)25-13-19-5-6-20(26(30)31)14-24(19)35(25,38)16-17-1-3-18(4-2-17)27(32)36/h1-10,14,21,25H,11-13,15-16H2,(H3,30,31)(H2,32,36)(H,33,37)/t21-,25?,35?/m1/s1. The molecule has 1 fully saturated rings. The second-order valence-electron chi connectivity index (χ2n) is 9.86. The number of carbonyl (C=O) groups excluding carboxylic acids is 2. The summed E-state index contributed by atoms with van der Waals surface area (Å²) in [5, 5.41) is 25.2. The molecule has 38 heavy (non-hydrogen) atoms. The number of nitrogen functional groups attached to an aromatic ring is 1. The van der Waals surface area contributed by atoms with Gasteiger partial charge in [0.15, 0.2) is 6.04 Å².